The predicted molar refractivity (Wildman–Crippen MR) is 404 cm³/mol. The van der Waals surface area contributed by atoms with Crippen molar-refractivity contribution in [2.24, 2.45) is 50.1 Å². The average Bonchev–Trinajstić information content (AvgIpc) is 1.74. The number of esters is 1. The van der Waals surface area contributed by atoms with Gasteiger partial charge in [0, 0.05) is 117 Å². The van der Waals surface area contributed by atoms with E-state index in [9.17, 15) is 73.3 Å². The van der Waals surface area contributed by atoms with Crippen molar-refractivity contribution in [1.29, 1.82) is 0 Å². The van der Waals surface area contributed by atoms with Gasteiger partial charge in [0.05, 0.1) is 53.6 Å². The average molecular weight is 2120 g/mol. The molecule has 582 valence electrons. The van der Waals surface area contributed by atoms with Crippen molar-refractivity contribution < 1.29 is 96.0 Å². The summed E-state index contributed by atoms with van der Waals surface area (Å²) in [5.41, 5.74) is 5.01. The van der Waals surface area contributed by atoms with Crippen molar-refractivity contribution in [3.63, 3.8) is 0 Å². The topological polar surface area (TPSA) is 594 Å². The monoisotopic (exact) mass is 2110 g/mol. The van der Waals surface area contributed by atoms with Gasteiger partial charge in [-0.15, -0.1) is 17.0 Å². The number of aliphatic hydroxyl groups is 1. The highest BCUT2D eigenvalue weighted by Crippen LogP contribution is 2.68. The molecule has 0 saturated carbocycles. The van der Waals surface area contributed by atoms with Crippen LogP contribution in [0.3, 0.4) is 0 Å². The van der Waals surface area contributed by atoms with E-state index in [1.54, 1.807) is 20.8 Å². The number of rotatable bonds is 28. The number of alkyl halides is 5. The Kier molecular flexibility index (Phi) is 70.8. The molecule has 4 heterocycles. The molecule has 0 bridgehead atoms. The van der Waals surface area contributed by atoms with E-state index in [2.05, 4.69) is 186 Å². The number of aromatic carboxylic acids is 1. The second-order valence-electron chi connectivity index (χ2n) is 17.9. The van der Waals surface area contributed by atoms with Gasteiger partial charge in [-0.05, 0) is 60.2 Å². The zero-order chi connectivity index (χ0) is 79.1. The number of aliphatic hydroxyl groups excluding tert-OH is 1. The number of ether oxygens (including phenoxy) is 3. The van der Waals surface area contributed by atoms with Crippen LogP contribution in [-0.4, -0.2) is 187 Å². The van der Waals surface area contributed by atoms with Crippen molar-refractivity contribution in [1.82, 2.24) is 58.6 Å². The number of nitrogens with one attached hydrogen (secondary N) is 4. The van der Waals surface area contributed by atoms with E-state index in [0.29, 0.717) is 71.4 Å². The third kappa shape index (κ3) is 61.2. The fraction of sp³-hybridized carbons (Fsp3) is 0.622. The first-order chi connectivity index (χ1) is 46.3. The Hall–Kier alpha value is -3.72. The van der Waals surface area contributed by atoms with Crippen molar-refractivity contribution >= 4 is 227 Å². The molecule has 4 rings (SSSR count). The lowest BCUT2D eigenvalue weighted by Gasteiger charge is -2.19. The molecular formula is C45H78Br9ClN19O24P3. The summed E-state index contributed by atoms with van der Waals surface area (Å²) in [6.45, 7) is 15.7. The fourth-order valence-electron chi connectivity index (χ4n) is 4.97. The number of halogens is 10. The first-order valence-corrected chi connectivity index (χ1v) is 44.2. The molecule has 0 radical (unpaired) electrons. The van der Waals surface area contributed by atoms with Gasteiger partial charge in [-0.25, -0.2) is 57.8 Å². The summed E-state index contributed by atoms with van der Waals surface area (Å²) in [6, 6.07) is 0.0368. The normalized spacial score (nSPS) is 10.3. The van der Waals surface area contributed by atoms with Crippen molar-refractivity contribution in [3.8, 4) is 0 Å². The molecule has 9 N–H and O–H groups in total. The Balaban J connectivity index is -0.000000201. The summed E-state index contributed by atoms with van der Waals surface area (Å²) >= 11 is 29.0. The van der Waals surface area contributed by atoms with Crippen LogP contribution in [0.25, 0.3) is 0 Å². The molecule has 56 heteroatoms. The molecule has 0 atom stereocenters. The van der Waals surface area contributed by atoms with Gasteiger partial charge in [0.25, 0.3) is 3.25 Å². The Labute approximate surface area is 660 Å². The number of hydrogen-bond donors (Lipinski definition) is 8. The highest BCUT2D eigenvalue weighted by Gasteiger charge is 2.27. The van der Waals surface area contributed by atoms with Crippen LogP contribution in [0.5, 0.6) is 0 Å². The second-order valence-corrected chi connectivity index (χ2v) is 44.3. The molecule has 0 fully saturated rings. The van der Waals surface area contributed by atoms with E-state index in [4.69, 9.17) is 51.3 Å². The zero-order valence-electron chi connectivity index (χ0n) is 55.3. The van der Waals surface area contributed by atoms with Crippen LogP contribution >= 0.6 is 173 Å². The standard InChI is InChI=1S/C9H16Br2N5O4P.C7H9N3O4.C7H14N2O2.C5H9ClO2.C5H5N3O4.C5H7N3O3.C4H11Br2N2O2P.C2H6BrN.CO2.Br3OP.BrH/c1-15-8(6-12-9(15)16(17)18)7-20-21(19,13-4-2-10)14-5-3-11;1-3-14-6(11)5-4-8-7(9(5)2)10(12)13;1-5(2)8-9-7(10)11-6(3)4;1-4(2)3-8-5(6)7;1-7-3(4(9)10)2-6-5(7)8(11)12;1-7-4(3-9)2-6-5(7)8(10)11;5-1-3-7-11(9,10)8-4-2-6;3-1-2-4;2-1-3;1-5(2,3)4;/h6H,2-5,7H2,1H3,(H2,13,14,19);4H,3H2,1-2H3;5-6H,1-4H3;4H,3H2,1-2H3;2H,1H3,(H,9,10);2,9H,3H2,1H3;1-4H2,(H3,7,8,9,10);1-2,4H2;;;1H. The van der Waals surface area contributed by atoms with Crippen molar-refractivity contribution in [3.05, 3.63) is 88.0 Å². The molecule has 0 aliphatic carbocycles. The van der Waals surface area contributed by atoms with Gasteiger partial charge in [-0.1, -0.05) is 119 Å². The third-order valence-corrected chi connectivity index (χ3v) is 14.2. The summed E-state index contributed by atoms with van der Waals surface area (Å²) in [7, 11) is -0.861. The van der Waals surface area contributed by atoms with Gasteiger partial charge in [0.1, 0.15) is 37.0 Å². The Morgan fingerprint density at radius 1 is 0.663 bits per heavy atom. The molecule has 43 nitrogen and oxygen atoms in total. The van der Waals surface area contributed by atoms with E-state index >= 15 is 0 Å². The number of nitro groups is 4. The zero-order valence-corrected chi connectivity index (χ0v) is 73.2. The van der Waals surface area contributed by atoms with Gasteiger partial charge in [-0.2, -0.15) is 14.7 Å². The number of hydrogen-bond acceptors (Lipinski definition) is 28. The quantitative estimate of drug-likeness (QED) is 0.00383. The maximum absolute atomic E-state index is 12.5. The Bertz CT molecular complexity index is 3210. The van der Waals surface area contributed by atoms with E-state index in [0.717, 1.165) is 33.4 Å². The number of carbonyl (C=O) groups excluding carboxylic acids is 5. The number of nitrogens with zero attached hydrogens (tertiary/aromatic N) is 14. The molecule has 0 aliphatic heterocycles. The van der Waals surface area contributed by atoms with E-state index in [1.165, 1.54) is 49.7 Å². The number of carboxylic acids is 1. The largest absolute Gasteiger partial charge is 0.475 e. The third-order valence-electron chi connectivity index (χ3n) is 8.98. The van der Waals surface area contributed by atoms with Crippen LogP contribution in [0, 0.1) is 46.4 Å². The second kappa shape index (κ2) is 64.6. The first-order valence-electron chi connectivity index (χ1n) is 27.1. The van der Waals surface area contributed by atoms with Crippen LogP contribution in [0.1, 0.15) is 80.8 Å². The SMILES string of the molecule is Br.CC(C)COC(=O)Cl.CC(C)N=NC(=O)OC(C)C.CCOC(=O)c1cnc([N+](=O)[O-])n1C.Cn1c(C(=O)O)cnc1[N+](=O)[O-].Cn1c(CO)cnc1[N+](=O)[O-].Cn1c(COP(=O)(NCCBr)NCCBr)cnc1[N+](=O)[O-].NCCBr.O=C=O.O=P(Br)(Br)Br.O=P(O)(NCCBr)NCCBr. The molecule has 0 unspecified atom stereocenters. The molecular weight excluding hydrogens is 2040 g/mol. The van der Waals surface area contributed by atoms with E-state index in [1.807, 2.05) is 27.7 Å². The number of amides is 1. The minimum atomic E-state index is -3.29. The number of azo groups is 1. The summed E-state index contributed by atoms with van der Waals surface area (Å²) in [6.07, 6.45) is 4.17. The lowest BCUT2D eigenvalue weighted by Crippen LogP contribution is -2.27. The molecule has 101 heavy (non-hydrogen) atoms. The molecule has 0 saturated heterocycles. The highest BCUT2D eigenvalue weighted by atomic mass is 80.0. The van der Waals surface area contributed by atoms with Crippen molar-refractivity contribution in [2.75, 3.05) is 72.6 Å². The van der Waals surface area contributed by atoms with Gasteiger partial charge in [0.2, 0.25) is 11.4 Å². The summed E-state index contributed by atoms with van der Waals surface area (Å²) in [5, 5.41) is 79.5. The van der Waals surface area contributed by atoms with Gasteiger partial charge >= 0.3 is 68.7 Å². The van der Waals surface area contributed by atoms with E-state index in [-0.39, 0.29) is 84.3 Å². The first kappa shape index (κ1) is 111. The summed E-state index contributed by atoms with van der Waals surface area (Å²) in [4.78, 5) is 120. The van der Waals surface area contributed by atoms with Crippen LogP contribution in [0.4, 0.5) is 33.4 Å². The number of carboxylic acid groups (broad SMARTS) is 1. The minimum Gasteiger partial charge on any atom is -0.475 e. The Morgan fingerprint density at radius 3 is 1.28 bits per heavy atom. The van der Waals surface area contributed by atoms with Crippen LogP contribution < -0.4 is 26.1 Å². The van der Waals surface area contributed by atoms with Crippen LogP contribution in [-0.2, 0) is 83.4 Å². The van der Waals surface area contributed by atoms with Crippen LogP contribution in [0.15, 0.2) is 35.0 Å². The molecule has 4 aromatic rings. The van der Waals surface area contributed by atoms with Gasteiger partial charge in [0.15, 0.2) is 12.4 Å². The molecule has 0 spiro atoms. The molecule has 1 amide bonds. The fourth-order valence-corrected chi connectivity index (χ4v) is 9.41. The summed E-state index contributed by atoms with van der Waals surface area (Å²) < 4.78 is 55.0. The molecule has 0 aromatic carbocycles. The Morgan fingerprint density at radius 2 is 1.01 bits per heavy atom. The highest BCUT2D eigenvalue weighted by molar-refractivity contribution is 9.94. The van der Waals surface area contributed by atoms with Crippen molar-refractivity contribution in [2.45, 2.75) is 73.8 Å². The number of imidazole rings is 4. The number of nitrogens with two attached hydrogens (primary N) is 1. The maximum Gasteiger partial charge on any atom is 0.452 e. The minimum absolute atomic E-state index is 0. The number of carbonyl (C=O) groups is 4. The van der Waals surface area contributed by atoms with Gasteiger partial charge < -0.3 is 75.5 Å². The van der Waals surface area contributed by atoms with Crippen LogP contribution in [0.2, 0.25) is 0 Å². The lowest BCUT2D eigenvalue weighted by molar-refractivity contribution is -0.396. The maximum atomic E-state index is 12.5. The lowest BCUT2D eigenvalue weighted by atomic mass is 10.2. The van der Waals surface area contributed by atoms with E-state index < -0.39 is 67.7 Å². The molecule has 4 aromatic heterocycles. The smallest absolute Gasteiger partial charge is 0.452 e. The predicted octanol–water partition coefficient (Wildman–Crippen LogP) is 11.4. The van der Waals surface area contributed by atoms with Gasteiger partial charge in [-0.3, -0.25) is 18.2 Å². The number of aromatic nitrogens is 8. The summed E-state index contributed by atoms with van der Waals surface area (Å²) in [5.74, 6) is -2.90. The molecule has 0 aliphatic rings.